The van der Waals surface area contributed by atoms with Gasteiger partial charge in [-0.3, -0.25) is 4.79 Å². The molecule has 0 radical (unpaired) electrons. The molecule has 7 nitrogen and oxygen atoms in total. The summed E-state index contributed by atoms with van der Waals surface area (Å²) in [5, 5.41) is 9.78. The maximum Gasteiger partial charge on any atom is 0.322 e. The van der Waals surface area contributed by atoms with Crippen LogP contribution in [0.4, 0.5) is 0 Å². The number of hydrogen-bond donors (Lipinski definition) is 2. The lowest BCUT2D eigenvalue weighted by molar-refractivity contribution is -0.142. The Labute approximate surface area is 121 Å². The Kier molecular flexibility index (Phi) is 4.74. The number of aromatic nitrogens is 1. The van der Waals surface area contributed by atoms with Gasteiger partial charge in [0.25, 0.3) is 10.2 Å². The molecule has 0 aromatic carbocycles. The molecular weight excluding hydrogens is 302 g/mol. The molecule has 1 saturated heterocycles. The van der Waals surface area contributed by atoms with Crippen LogP contribution in [0.25, 0.3) is 0 Å². The molecule has 0 bridgehead atoms. The van der Waals surface area contributed by atoms with Crippen molar-refractivity contribution < 1.29 is 18.3 Å². The van der Waals surface area contributed by atoms with E-state index in [0.29, 0.717) is 17.8 Å². The third-order valence-electron chi connectivity index (χ3n) is 3.12. The fraction of sp³-hybridized carbons (Fsp3) is 0.636. The van der Waals surface area contributed by atoms with Gasteiger partial charge in [-0.15, -0.1) is 11.3 Å². The van der Waals surface area contributed by atoms with E-state index in [1.54, 1.807) is 6.20 Å². The van der Waals surface area contributed by atoms with E-state index in [0.717, 1.165) is 15.6 Å². The zero-order valence-electron chi connectivity index (χ0n) is 11.1. The Morgan fingerprint density at radius 1 is 1.60 bits per heavy atom. The molecule has 1 atom stereocenters. The van der Waals surface area contributed by atoms with Crippen LogP contribution in [-0.4, -0.2) is 41.4 Å². The highest BCUT2D eigenvalue weighted by atomic mass is 32.2. The Morgan fingerprint density at radius 2 is 2.35 bits per heavy atom. The highest BCUT2D eigenvalue weighted by Crippen LogP contribution is 2.20. The van der Waals surface area contributed by atoms with Crippen LogP contribution in [0.2, 0.25) is 0 Å². The molecule has 9 heteroatoms. The van der Waals surface area contributed by atoms with Crippen LogP contribution in [0, 0.1) is 6.92 Å². The molecule has 1 aliphatic rings. The average molecular weight is 319 g/mol. The molecule has 2 N–H and O–H groups in total. The number of carboxylic acid groups (broad SMARTS) is 1. The standard InChI is InChI=1S/C11H17N3O4S2/c1-8-6-12-10(19-8)7-13-20(17,18)14-5-3-2-4-9(14)11(15)16/h6,9,13H,2-5,7H2,1H3,(H,15,16). The molecule has 0 spiro atoms. The fourth-order valence-electron chi connectivity index (χ4n) is 2.16. The second-order valence-corrected chi connectivity index (χ2v) is 7.68. The summed E-state index contributed by atoms with van der Waals surface area (Å²) >= 11 is 1.41. The van der Waals surface area contributed by atoms with E-state index in [1.165, 1.54) is 11.3 Å². The van der Waals surface area contributed by atoms with Gasteiger partial charge < -0.3 is 5.11 Å². The van der Waals surface area contributed by atoms with Crippen LogP contribution < -0.4 is 4.72 Å². The van der Waals surface area contributed by atoms with Gasteiger partial charge in [-0.1, -0.05) is 0 Å². The van der Waals surface area contributed by atoms with Crippen LogP contribution in [-0.2, 0) is 21.5 Å². The minimum Gasteiger partial charge on any atom is -0.480 e. The summed E-state index contributed by atoms with van der Waals surface area (Å²) in [6.45, 7) is 2.22. The Hall–Kier alpha value is -1.03. The van der Waals surface area contributed by atoms with E-state index in [4.69, 9.17) is 5.11 Å². The van der Waals surface area contributed by atoms with Crippen LogP contribution in [0.1, 0.15) is 29.1 Å². The SMILES string of the molecule is Cc1cnc(CNS(=O)(=O)N2CCCCC2C(=O)O)s1. The Morgan fingerprint density at radius 3 is 2.95 bits per heavy atom. The van der Waals surface area contributed by atoms with Crippen molar-refractivity contribution in [3.63, 3.8) is 0 Å². The molecule has 1 fully saturated rings. The van der Waals surface area contributed by atoms with Crippen molar-refractivity contribution in [2.45, 2.75) is 38.8 Å². The van der Waals surface area contributed by atoms with Gasteiger partial charge in [-0.2, -0.15) is 17.4 Å². The lowest BCUT2D eigenvalue weighted by atomic mass is 10.1. The number of rotatable bonds is 5. The molecule has 20 heavy (non-hydrogen) atoms. The first kappa shape index (κ1) is 15.4. The van der Waals surface area contributed by atoms with Gasteiger partial charge in [0.2, 0.25) is 0 Å². The van der Waals surface area contributed by atoms with Crippen LogP contribution in [0.3, 0.4) is 0 Å². The van der Waals surface area contributed by atoms with Crippen molar-refractivity contribution in [3.8, 4) is 0 Å². The van der Waals surface area contributed by atoms with Crippen molar-refractivity contribution in [1.82, 2.24) is 14.0 Å². The lowest BCUT2D eigenvalue weighted by Crippen LogP contribution is -2.51. The number of aliphatic carboxylic acids is 1. The van der Waals surface area contributed by atoms with Gasteiger partial charge in [0.05, 0.1) is 6.54 Å². The Bertz CT molecular complexity index is 584. The highest BCUT2D eigenvalue weighted by Gasteiger charge is 2.36. The maximum atomic E-state index is 12.2. The third-order valence-corrected chi connectivity index (χ3v) is 5.60. The van der Waals surface area contributed by atoms with E-state index in [2.05, 4.69) is 9.71 Å². The van der Waals surface area contributed by atoms with E-state index >= 15 is 0 Å². The monoisotopic (exact) mass is 319 g/mol. The minimum absolute atomic E-state index is 0.0870. The molecule has 1 aliphatic heterocycles. The van der Waals surface area contributed by atoms with E-state index in [1.807, 2.05) is 6.92 Å². The normalized spacial score (nSPS) is 20.9. The maximum absolute atomic E-state index is 12.2. The third kappa shape index (κ3) is 3.54. The first-order valence-electron chi connectivity index (χ1n) is 6.30. The van der Waals surface area contributed by atoms with E-state index in [9.17, 15) is 13.2 Å². The summed E-state index contributed by atoms with van der Waals surface area (Å²) in [7, 11) is -3.80. The first-order chi connectivity index (χ1) is 9.40. The first-order valence-corrected chi connectivity index (χ1v) is 8.56. The largest absolute Gasteiger partial charge is 0.480 e. The summed E-state index contributed by atoms with van der Waals surface area (Å²) < 4.78 is 27.9. The number of aryl methyl sites for hydroxylation is 1. The van der Waals surface area contributed by atoms with Crippen molar-refractivity contribution in [3.05, 3.63) is 16.1 Å². The molecule has 0 amide bonds. The summed E-state index contributed by atoms with van der Waals surface area (Å²) in [4.78, 5) is 16.2. The predicted octanol–water partition coefficient (Wildman–Crippen LogP) is 0.725. The molecule has 0 saturated carbocycles. The average Bonchev–Trinajstić information content (AvgIpc) is 2.82. The van der Waals surface area contributed by atoms with Crippen molar-refractivity contribution in [2.24, 2.45) is 0 Å². The number of nitrogens with one attached hydrogen (secondary N) is 1. The lowest BCUT2D eigenvalue weighted by Gasteiger charge is -2.31. The summed E-state index contributed by atoms with van der Waals surface area (Å²) in [5.41, 5.74) is 0. The quantitative estimate of drug-likeness (QED) is 0.833. The van der Waals surface area contributed by atoms with E-state index < -0.39 is 22.2 Å². The Balaban J connectivity index is 2.06. The fourth-order valence-corrected chi connectivity index (χ4v) is 4.36. The van der Waals surface area contributed by atoms with Crippen LogP contribution >= 0.6 is 11.3 Å². The molecule has 1 aromatic rings. The predicted molar refractivity (Wildman–Crippen MR) is 74.6 cm³/mol. The van der Waals surface area contributed by atoms with Gasteiger partial charge in [-0.05, 0) is 26.2 Å². The van der Waals surface area contributed by atoms with Gasteiger partial charge in [0.1, 0.15) is 11.0 Å². The zero-order chi connectivity index (χ0) is 14.8. The zero-order valence-corrected chi connectivity index (χ0v) is 12.7. The number of hydrogen-bond acceptors (Lipinski definition) is 5. The van der Waals surface area contributed by atoms with Gasteiger partial charge in [0, 0.05) is 17.6 Å². The molecule has 1 aromatic heterocycles. The van der Waals surface area contributed by atoms with Crippen molar-refractivity contribution >= 4 is 27.5 Å². The highest BCUT2D eigenvalue weighted by molar-refractivity contribution is 7.87. The number of carbonyl (C=O) groups is 1. The van der Waals surface area contributed by atoms with Crippen molar-refractivity contribution in [2.75, 3.05) is 6.54 Å². The number of nitrogens with zero attached hydrogens (tertiary/aromatic N) is 2. The minimum atomic E-state index is -3.80. The van der Waals surface area contributed by atoms with Crippen molar-refractivity contribution in [1.29, 1.82) is 0 Å². The summed E-state index contributed by atoms with van der Waals surface area (Å²) in [5.74, 6) is -1.10. The molecular formula is C11H17N3O4S2. The molecule has 0 aliphatic carbocycles. The van der Waals surface area contributed by atoms with Gasteiger partial charge >= 0.3 is 5.97 Å². The molecule has 1 unspecified atom stereocenters. The number of piperidine rings is 1. The van der Waals surface area contributed by atoms with Crippen LogP contribution in [0.15, 0.2) is 6.20 Å². The molecule has 2 heterocycles. The van der Waals surface area contributed by atoms with Gasteiger partial charge in [-0.25, -0.2) is 4.98 Å². The molecule has 2 rings (SSSR count). The summed E-state index contributed by atoms with van der Waals surface area (Å²) in [6.07, 6.45) is 3.44. The summed E-state index contributed by atoms with van der Waals surface area (Å²) in [6, 6.07) is -0.973. The number of carboxylic acids is 1. The smallest absolute Gasteiger partial charge is 0.322 e. The second kappa shape index (κ2) is 6.17. The topological polar surface area (TPSA) is 99.6 Å². The van der Waals surface area contributed by atoms with Crippen LogP contribution in [0.5, 0.6) is 0 Å². The van der Waals surface area contributed by atoms with E-state index in [-0.39, 0.29) is 13.1 Å². The van der Waals surface area contributed by atoms with Gasteiger partial charge in [0.15, 0.2) is 0 Å². The second-order valence-electron chi connectivity index (χ2n) is 4.65. The molecule has 112 valence electrons. The number of thiazole rings is 1.